The zero-order valence-electron chi connectivity index (χ0n) is 12.0. The van der Waals surface area contributed by atoms with Gasteiger partial charge in [0.1, 0.15) is 11.3 Å². The topological polar surface area (TPSA) is 48.5 Å². The highest BCUT2D eigenvalue weighted by molar-refractivity contribution is 6.17. The maximum atomic E-state index is 5.89. The summed E-state index contributed by atoms with van der Waals surface area (Å²) >= 11 is 5.89. The predicted octanol–water partition coefficient (Wildman–Crippen LogP) is 2.81. The largest absolute Gasteiger partial charge is 0.313 e. The van der Waals surface area contributed by atoms with Crippen LogP contribution in [0.15, 0.2) is 30.6 Å². The third kappa shape index (κ3) is 3.08. The van der Waals surface area contributed by atoms with Crippen molar-refractivity contribution in [2.45, 2.75) is 32.9 Å². The maximum absolute atomic E-state index is 5.89. The minimum atomic E-state index is 0.571. The smallest absolute Gasteiger partial charge is 0.160 e. The molecule has 3 heterocycles. The molecule has 0 fully saturated rings. The summed E-state index contributed by atoms with van der Waals surface area (Å²) in [7, 11) is 0. The van der Waals surface area contributed by atoms with E-state index in [4.69, 9.17) is 11.6 Å². The molecule has 0 aliphatic heterocycles. The Hall–Kier alpha value is -1.88. The highest BCUT2D eigenvalue weighted by atomic mass is 35.5. The van der Waals surface area contributed by atoms with E-state index in [9.17, 15) is 0 Å². The van der Waals surface area contributed by atoms with Gasteiger partial charge in [0.15, 0.2) is 5.65 Å². The quantitative estimate of drug-likeness (QED) is 0.658. The van der Waals surface area contributed by atoms with Crippen LogP contribution in [0.2, 0.25) is 0 Å². The van der Waals surface area contributed by atoms with E-state index < -0.39 is 0 Å². The fourth-order valence-electron chi connectivity index (χ4n) is 2.48. The van der Waals surface area contributed by atoms with Crippen LogP contribution in [-0.2, 0) is 19.5 Å². The Kier molecular flexibility index (Phi) is 4.20. The normalized spacial score (nSPS) is 11.3. The molecule has 0 unspecified atom stereocenters. The van der Waals surface area contributed by atoms with E-state index in [2.05, 4.69) is 19.6 Å². The van der Waals surface area contributed by atoms with Crippen LogP contribution < -0.4 is 0 Å². The van der Waals surface area contributed by atoms with E-state index in [0.717, 1.165) is 48.6 Å². The molecule has 110 valence electrons. The molecule has 0 bridgehead atoms. The fraction of sp³-hybridized carbons (Fsp3) is 0.400. The lowest BCUT2D eigenvalue weighted by Gasteiger charge is -2.08. The number of rotatable bonds is 6. The number of hydrogen-bond donors (Lipinski definition) is 0. The fourth-order valence-corrected chi connectivity index (χ4v) is 2.65. The number of aryl methyl sites for hydroxylation is 4. The van der Waals surface area contributed by atoms with Crippen LogP contribution in [0.25, 0.3) is 11.2 Å². The number of imidazole rings is 1. The van der Waals surface area contributed by atoms with Crippen molar-refractivity contribution in [3.63, 3.8) is 0 Å². The molecule has 0 spiro atoms. The number of nitrogens with zero attached hydrogens (tertiary/aromatic N) is 5. The lowest BCUT2D eigenvalue weighted by molar-refractivity contribution is 0.523. The van der Waals surface area contributed by atoms with Crippen molar-refractivity contribution in [3.05, 3.63) is 42.1 Å². The molecular weight excluding hydrogens is 286 g/mol. The Morgan fingerprint density at radius 3 is 2.86 bits per heavy atom. The highest BCUT2D eigenvalue weighted by Crippen LogP contribution is 2.16. The summed E-state index contributed by atoms with van der Waals surface area (Å²) < 4.78 is 4.13. The van der Waals surface area contributed by atoms with Gasteiger partial charge in [-0.3, -0.25) is 4.68 Å². The summed E-state index contributed by atoms with van der Waals surface area (Å²) in [5.41, 5.74) is 2.91. The van der Waals surface area contributed by atoms with Gasteiger partial charge in [0.05, 0.1) is 0 Å². The van der Waals surface area contributed by atoms with Crippen LogP contribution in [0.5, 0.6) is 0 Å². The first-order valence-electron chi connectivity index (χ1n) is 7.14. The molecule has 0 aliphatic carbocycles. The maximum Gasteiger partial charge on any atom is 0.160 e. The average molecular weight is 304 g/mol. The first-order valence-corrected chi connectivity index (χ1v) is 7.67. The Morgan fingerprint density at radius 1 is 1.19 bits per heavy atom. The second-order valence-electron chi connectivity index (χ2n) is 5.04. The highest BCUT2D eigenvalue weighted by Gasteiger charge is 2.11. The Morgan fingerprint density at radius 2 is 2.10 bits per heavy atom. The van der Waals surface area contributed by atoms with Crippen molar-refractivity contribution in [3.8, 4) is 0 Å². The van der Waals surface area contributed by atoms with Gasteiger partial charge in [-0.1, -0.05) is 0 Å². The predicted molar refractivity (Wildman–Crippen MR) is 83.5 cm³/mol. The summed E-state index contributed by atoms with van der Waals surface area (Å²) in [6.45, 7) is 3.76. The van der Waals surface area contributed by atoms with Crippen molar-refractivity contribution in [1.29, 1.82) is 0 Å². The number of aromatic nitrogens is 5. The van der Waals surface area contributed by atoms with E-state index in [0.29, 0.717) is 5.88 Å². The monoisotopic (exact) mass is 303 g/mol. The van der Waals surface area contributed by atoms with Gasteiger partial charge in [0, 0.05) is 43.5 Å². The van der Waals surface area contributed by atoms with E-state index in [1.54, 1.807) is 6.20 Å². The molecule has 6 heteroatoms. The first-order chi connectivity index (χ1) is 10.3. The molecule has 5 nitrogen and oxygen atoms in total. The van der Waals surface area contributed by atoms with Crippen molar-refractivity contribution in [1.82, 2.24) is 24.3 Å². The lowest BCUT2D eigenvalue weighted by Crippen LogP contribution is -2.09. The summed E-state index contributed by atoms with van der Waals surface area (Å²) in [5, 5.41) is 4.23. The number of fused-ring (bicyclic) bond motifs is 1. The Labute approximate surface area is 128 Å². The second-order valence-corrected chi connectivity index (χ2v) is 5.41. The molecule has 0 aromatic carbocycles. The molecule has 0 radical (unpaired) electrons. The van der Waals surface area contributed by atoms with Gasteiger partial charge in [-0.05, 0) is 31.5 Å². The molecule has 21 heavy (non-hydrogen) atoms. The van der Waals surface area contributed by atoms with Crippen molar-refractivity contribution in [2.24, 2.45) is 0 Å². The minimum absolute atomic E-state index is 0.571. The molecular formula is C15H18ClN5. The van der Waals surface area contributed by atoms with Gasteiger partial charge in [-0.2, -0.15) is 5.10 Å². The SMILES string of the molecule is Cc1ccc2nc(CCCl)n(CCCn3cccn3)c2n1. The number of pyridine rings is 1. The van der Waals surface area contributed by atoms with Crippen molar-refractivity contribution < 1.29 is 0 Å². The van der Waals surface area contributed by atoms with Crippen LogP contribution in [0.4, 0.5) is 0 Å². The number of alkyl halides is 1. The average Bonchev–Trinajstić information content (AvgIpc) is 3.08. The number of hydrogen-bond acceptors (Lipinski definition) is 3. The summed E-state index contributed by atoms with van der Waals surface area (Å²) in [6, 6.07) is 5.96. The van der Waals surface area contributed by atoms with Crippen LogP contribution in [0.1, 0.15) is 17.9 Å². The van der Waals surface area contributed by atoms with Crippen LogP contribution in [0.3, 0.4) is 0 Å². The van der Waals surface area contributed by atoms with Crippen molar-refractivity contribution >= 4 is 22.8 Å². The second kappa shape index (κ2) is 6.26. The molecule has 0 saturated heterocycles. The molecule has 0 aliphatic rings. The Balaban J connectivity index is 1.83. The first kappa shape index (κ1) is 14.1. The van der Waals surface area contributed by atoms with Gasteiger partial charge in [0.25, 0.3) is 0 Å². The molecule has 3 rings (SSSR count). The van der Waals surface area contributed by atoms with Gasteiger partial charge in [-0.15, -0.1) is 11.6 Å². The van der Waals surface area contributed by atoms with Gasteiger partial charge in [-0.25, -0.2) is 9.97 Å². The Bertz CT molecular complexity index is 717. The van der Waals surface area contributed by atoms with Crippen LogP contribution in [-0.4, -0.2) is 30.2 Å². The van der Waals surface area contributed by atoms with E-state index in [1.807, 2.05) is 36.0 Å². The van der Waals surface area contributed by atoms with Crippen molar-refractivity contribution in [2.75, 3.05) is 5.88 Å². The molecule has 3 aromatic heterocycles. The van der Waals surface area contributed by atoms with E-state index in [-0.39, 0.29) is 0 Å². The molecule has 3 aromatic rings. The third-order valence-electron chi connectivity index (χ3n) is 3.46. The molecule has 0 amide bonds. The molecule has 0 atom stereocenters. The molecule has 0 N–H and O–H groups in total. The van der Waals surface area contributed by atoms with Gasteiger partial charge in [0.2, 0.25) is 0 Å². The zero-order chi connectivity index (χ0) is 14.7. The van der Waals surface area contributed by atoms with Gasteiger partial charge < -0.3 is 4.57 Å². The van der Waals surface area contributed by atoms with E-state index >= 15 is 0 Å². The van der Waals surface area contributed by atoms with Gasteiger partial charge >= 0.3 is 0 Å². The third-order valence-corrected chi connectivity index (χ3v) is 3.65. The van der Waals surface area contributed by atoms with Crippen LogP contribution >= 0.6 is 11.6 Å². The summed E-state index contributed by atoms with van der Waals surface area (Å²) in [6.07, 6.45) is 5.53. The zero-order valence-corrected chi connectivity index (χ0v) is 12.8. The van der Waals surface area contributed by atoms with E-state index in [1.165, 1.54) is 0 Å². The number of halogens is 1. The molecule has 0 saturated carbocycles. The lowest BCUT2D eigenvalue weighted by atomic mass is 10.3. The van der Waals surface area contributed by atoms with Crippen LogP contribution in [0, 0.1) is 6.92 Å². The summed E-state index contributed by atoms with van der Waals surface area (Å²) in [5.74, 6) is 1.58. The minimum Gasteiger partial charge on any atom is -0.313 e. The summed E-state index contributed by atoms with van der Waals surface area (Å²) in [4.78, 5) is 9.28. The standard InChI is InChI=1S/C15H18ClN5/c1-12-4-5-13-15(18-12)21(14(19-13)6-7-16)11-3-10-20-9-2-8-17-20/h2,4-5,8-9H,3,6-7,10-11H2,1H3.